The number of aromatic hydroxyl groups is 1. The minimum atomic E-state index is -0.325. The molecular weight excluding hydrogens is 328 g/mol. The molecule has 0 aliphatic rings. The first-order valence-electron chi connectivity index (χ1n) is 8.14. The molecule has 6 heteroatoms. The van der Waals surface area contributed by atoms with Gasteiger partial charge >= 0.3 is 0 Å². The molecule has 2 N–H and O–H groups in total. The van der Waals surface area contributed by atoms with Gasteiger partial charge in [0.2, 0.25) is 0 Å². The maximum Gasteiger partial charge on any atom is 0.255 e. The summed E-state index contributed by atoms with van der Waals surface area (Å²) >= 11 is 0. The average molecular weight is 344 g/mol. The highest BCUT2D eigenvalue weighted by Crippen LogP contribution is 2.25. The number of pyridine rings is 1. The van der Waals surface area contributed by atoms with E-state index in [4.69, 9.17) is 0 Å². The van der Waals surface area contributed by atoms with Gasteiger partial charge in [0, 0.05) is 25.1 Å². The normalized spacial score (nSPS) is 10.8. The number of rotatable bonds is 4. The summed E-state index contributed by atoms with van der Waals surface area (Å²) in [6.07, 6.45) is 6.83. The highest BCUT2D eigenvalue weighted by molar-refractivity contribution is 6.01. The number of hydrogen-bond acceptors (Lipinski definition) is 4. The molecule has 128 valence electrons. The molecule has 4 rings (SSSR count). The van der Waals surface area contributed by atoms with Crippen LogP contribution in [0.3, 0.4) is 0 Å². The lowest BCUT2D eigenvalue weighted by Gasteiger charge is -2.09. The summed E-state index contributed by atoms with van der Waals surface area (Å²) in [4.78, 5) is 20.8. The lowest BCUT2D eigenvalue weighted by Crippen LogP contribution is -2.23. The molecule has 0 saturated heterocycles. The second-order valence-corrected chi connectivity index (χ2v) is 5.89. The number of carbonyl (C=O) groups excluding carboxylic acids is 1. The number of hydrogen-bond donors (Lipinski definition) is 2. The lowest BCUT2D eigenvalue weighted by atomic mass is 10.1. The standard InChI is InChI=1S/C20H16N4O2/c25-18-11-16-4-2-1-3-15(16)10-17(18)20(26)23-12-14-5-6-22-19(9-14)24-8-7-21-13-24/h1-11,13,25H,12H2,(H,23,26). The molecule has 1 amide bonds. The number of benzene rings is 2. The van der Waals surface area contributed by atoms with Crippen molar-refractivity contribution in [2.45, 2.75) is 6.54 Å². The Balaban J connectivity index is 1.52. The topological polar surface area (TPSA) is 80.0 Å². The highest BCUT2D eigenvalue weighted by atomic mass is 16.3. The van der Waals surface area contributed by atoms with E-state index in [2.05, 4.69) is 15.3 Å². The third-order valence-electron chi connectivity index (χ3n) is 4.14. The van der Waals surface area contributed by atoms with Crippen LogP contribution in [-0.4, -0.2) is 25.5 Å². The van der Waals surface area contributed by atoms with Crippen LogP contribution < -0.4 is 5.32 Å². The minimum Gasteiger partial charge on any atom is -0.507 e. The summed E-state index contributed by atoms with van der Waals surface area (Å²) in [5.74, 6) is 0.368. The van der Waals surface area contributed by atoms with E-state index >= 15 is 0 Å². The number of phenolic OH excluding ortho intramolecular Hbond substituents is 1. The number of imidazole rings is 1. The number of nitrogens with one attached hydrogen (secondary N) is 1. The van der Waals surface area contributed by atoms with Gasteiger partial charge in [0.05, 0.1) is 5.56 Å². The van der Waals surface area contributed by atoms with Crippen molar-refractivity contribution in [3.8, 4) is 11.6 Å². The summed E-state index contributed by atoms with van der Waals surface area (Å²) in [6, 6.07) is 14.6. The maximum atomic E-state index is 12.5. The van der Waals surface area contributed by atoms with E-state index in [1.807, 2.05) is 36.4 Å². The van der Waals surface area contributed by atoms with Crippen LogP contribution in [0.2, 0.25) is 0 Å². The van der Waals surface area contributed by atoms with Crippen molar-refractivity contribution in [1.82, 2.24) is 19.9 Å². The Morgan fingerprint density at radius 2 is 1.88 bits per heavy atom. The van der Waals surface area contributed by atoms with Crippen molar-refractivity contribution < 1.29 is 9.90 Å². The largest absolute Gasteiger partial charge is 0.507 e. The van der Waals surface area contributed by atoms with Gasteiger partial charge in [-0.1, -0.05) is 24.3 Å². The molecule has 0 aliphatic carbocycles. The fourth-order valence-electron chi connectivity index (χ4n) is 2.79. The highest BCUT2D eigenvalue weighted by Gasteiger charge is 2.12. The molecular formula is C20H16N4O2. The van der Waals surface area contributed by atoms with Crippen LogP contribution >= 0.6 is 0 Å². The zero-order valence-electron chi connectivity index (χ0n) is 13.8. The van der Waals surface area contributed by atoms with Gasteiger partial charge in [0.25, 0.3) is 5.91 Å². The molecule has 6 nitrogen and oxygen atoms in total. The van der Waals surface area contributed by atoms with Crippen molar-refractivity contribution in [2.24, 2.45) is 0 Å². The van der Waals surface area contributed by atoms with Gasteiger partial charge in [-0.15, -0.1) is 0 Å². The van der Waals surface area contributed by atoms with E-state index < -0.39 is 0 Å². The van der Waals surface area contributed by atoms with Crippen molar-refractivity contribution >= 4 is 16.7 Å². The summed E-state index contributed by atoms with van der Waals surface area (Å²) in [5, 5.41) is 14.8. The van der Waals surface area contributed by atoms with Crippen molar-refractivity contribution in [1.29, 1.82) is 0 Å². The van der Waals surface area contributed by atoms with E-state index in [0.29, 0.717) is 6.54 Å². The summed E-state index contributed by atoms with van der Waals surface area (Å²) in [7, 11) is 0. The third kappa shape index (κ3) is 3.12. The first-order chi connectivity index (χ1) is 12.7. The SMILES string of the molecule is O=C(NCc1ccnc(-n2ccnc2)c1)c1cc2ccccc2cc1O. The maximum absolute atomic E-state index is 12.5. The van der Waals surface area contributed by atoms with Crippen LogP contribution in [0, 0.1) is 0 Å². The first-order valence-corrected chi connectivity index (χ1v) is 8.14. The van der Waals surface area contributed by atoms with E-state index in [0.717, 1.165) is 22.2 Å². The molecule has 2 aromatic heterocycles. The summed E-state index contributed by atoms with van der Waals surface area (Å²) in [5.41, 5.74) is 1.16. The molecule has 0 fully saturated rings. The van der Waals surface area contributed by atoms with Gasteiger partial charge in [-0.3, -0.25) is 9.36 Å². The fourth-order valence-corrected chi connectivity index (χ4v) is 2.79. The fraction of sp³-hybridized carbons (Fsp3) is 0.0500. The van der Waals surface area contributed by atoms with Crippen LogP contribution in [-0.2, 0) is 6.54 Å². The molecule has 2 heterocycles. The van der Waals surface area contributed by atoms with Gasteiger partial charge < -0.3 is 10.4 Å². The van der Waals surface area contributed by atoms with Crippen LogP contribution in [0.5, 0.6) is 5.75 Å². The van der Waals surface area contributed by atoms with Gasteiger partial charge in [-0.05, 0) is 40.6 Å². The van der Waals surface area contributed by atoms with E-state index in [1.165, 1.54) is 0 Å². The minimum absolute atomic E-state index is 0.0324. The van der Waals surface area contributed by atoms with Gasteiger partial charge in [0.1, 0.15) is 17.9 Å². The Hall–Kier alpha value is -3.67. The average Bonchev–Trinajstić information content (AvgIpc) is 3.20. The third-order valence-corrected chi connectivity index (χ3v) is 4.14. The first kappa shape index (κ1) is 15.8. The monoisotopic (exact) mass is 344 g/mol. The molecule has 0 atom stereocenters. The lowest BCUT2D eigenvalue weighted by molar-refractivity contribution is 0.0948. The molecule has 4 aromatic rings. The van der Waals surface area contributed by atoms with E-state index in [1.54, 1.807) is 41.6 Å². The van der Waals surface area contributed by atoms with Crippen LogP contribution in [0.4, 0.5) is 0 Å². The number of carbonyl (C=O) groups is 1. The second-order valence-electron chi connectivity index (χ2n) is 5.89. The van der Waals surface area contributed by atoms with Gasteiger partial charge in [0.15, 0.2) is 0 Å². The quantitative estimate of drug-likeness (QED) is 0.596. The summed E-state index contributed by atoms with van der Waals surface area (Å²) in [6.45, 7) is 0.329. The molecule has 0 bridgehead atoms. The molecule has 0 spiro atoms. The van der Waals surface area contributed by atoms with Gasteiger partial charge in [-0.2, -0.15) is 0 Å². The van der Waals surface area contributed by atoms with Crippen molar-refractivity contribution in [3.63, 3.8) is 0 Å². The number of amides is 1. The number of aromatic nitrogens is 3. The molecule has 2 aromatic carbocycles. The smallest absolute Gasteiger partial charge is 0.255 e. The van der Waals surface area contributed by atoms with Crippen molar-refractivity contribution in [2.75, 3.05) is 0 Å². The zero-order valence-corrected chi connectivity index (χ0v) is 13.8. The Bertz CT molecular complexity index is 1070. The van der Waals surface area contributed by atoms with Crippen LogP contribution in [0.25, 0.3) is 16.6 Å². The summed E-state index contributed by atoms with van der Waals surface area (Å²) < 4.78 is 1.79. The molecule has 0 aliphatic heterocycles. The molecule has 26 heavy (non-hydrogen) atoms. The number of fused-ring (bicyclic) bond motifs is 1. The Kier molecular flexibility index (Phi) is 4.07. The van der Waals surface area contributed by atoms with Crippen LogP contribution in [0.1, 0.15) is 15.9 Å². The molecule has 0 unspecified atom stereocenters. The Morgan fingerprint density at radius 1 is 1.08 bits per heavy atom. The number of nitrogens with zero attached hydrogens (tertiary/aromatic N) is 3. The Morgan fingerprint density at radius 3 is 2.65 bits per heavy atom. The molecule has 0 radical (unpaired) electrons. The Labute approximate surface area is 149 Å². The zero-order chi connectivity index (χ0) is 17.9. The van der Waals surface area contributed by atoms with E-state index in [9.17, 15) is 9.90 Å². The number of phenols is 1. The van der Waals surface area contributed by atoms with Gasteiger partial charge in [-0.25, -0.2) is 9.97 Å². The van der Waals surface area contributed by atoms with E-state index in [-0.39, 0.29) is 17.2 Å². The second kappa shape index (κ2) is 6.68. The predicted octanol–water partition coefficient (Wildman–Crippen LogP) is 3.06. The predicted molar refractivity (Wildman–Crippen MR) is 98.1 cm³/mol. The van der Waals surface area contributed by atoms with Crippen LogP contribution in [0.15, 0.2) is 73.4 Å². The molecule has 0 saturated carbocycles. The van der Waals surface area contributed by atoms with Crippen molar-refractivity contribution in [3.05, 3.63) is 84.6 Å².